The average molecular weight is 303 g/mol. The normalized spacial score (nSPS) is 18.5. The quantitative estimate of drug-likeness (QED) is 0.943. The predicted molar refractivity (Wildman–Crippen MR) is 78.7 cm³/mol. The van der Waals surface area contributed by atoms with Crippen LogP contribution in [0.4, 0.5) is 4.39 Å². The van der Waals surface area contributed by atoms with Crippen molar-refractivity contribution in [2.24, 2.45) is 0 Å². The fraction of sp³-hybridized carbons (Fsp3) is 0.375. The molecular weight excluding hydrogens is 285 g/mol. The minimum Gasteiger partial charge on any atom is -0.367 e. The predicted octanol–water partition coefficient (Wildman–Crippen LogP) is 2.00. The van der Waals surface area contributed by atoms with Gasteiger partial charge in [0.25, 0.3) is 0 Å². The minimum absolute atomic E-state index is 0.0660. The second kappa shape index (κ2) is 6.27. The summed E-state index contributed by atoms with van der Waals surface area (Å²) in [5.41, 5.74) is 1.37. The number of morpholine rings is 1. The molecule has 0 saturated carbocycles. The summed E-state index contributed by atoms with van der Waals surface area (Å²) in [6.45, 7) is 3.32. The number of hydrogen-bond donors (Lipinski definition) is 1. The van der Waals surface area contributed by atoms with E-state index in [4.69, 9.17) is 4.74 Å². The Labute approximate surface area is 128 Å². The number of aromatic amines is 1. The Bertz CT molecular complexity index is 671. The highest BCUT2D eigenvalue weighted by Gasteiger charge is 2.27. The van der Waals surface area contributed by atoms with Crippen molar-refractivity contribution >= 4 is 5.91 Å². The van der Waals surface area contributed by atoms with E-state index in [1.165, 1.54) is 6.07 Å². The summed E-state index contributed by atoms with van der Waals surface area (Å²) in [6, 6.07) is 6.37. The van der Waals surface area contributed by atoms with Crippen molar-refractivity contribution in [2.45, 2.75) is 19.4 Å². The third-order valence-corrected chi connectivity index (χ3v) is 3.75. The number of ether oxygens (including phenoxy) is 1. The van der Waals surface area contributed by atoms with Crippen LogP contribution < -0.4 is 0 Å². The Kier molecular flexibility index (Phi) is 4.20. The van der Waals surface area contributed by atoms with Gasteiger partial charge in [0.1, 0.15) is 17.7 Å². The van der Waals surface area contributed by atoms with Crippen molar-refractivity contribution < 1.29 is 13.9 Å². The first-order valence-corrected chi connectivity index (χ1v) is 7.28. The van der Waals surface area contributed by atoms with Gasteiger partial charge in [-0.25, -0.2) is 9.37 Å². The number of aromatic nitrogens is 2. The zero-order chi connectivity index (χ0) is 15.5. The van der Waals surface area contributed by atoms with Crippen LogP contribution in [0.25, 0.3) is 0 Å². The van der Waals surface area contributed by atoms with E-state index >= 15 is 0 Å². The molecule has 2 aromatic rings. The zero-order valence-corrected chi connectivity index (χ0v) is 12.4. The largest absolute Gasteiger partial charge is 0.367 e. The number of nitrogens with zero attached hydrogens (tertiary/aromatic N) is 2. The lowest BCUT2D eigenvalue weighted by atomic mass is 10.1. The number of carbonyl (C=O) groups excluding carboxylic acids is 1. The maximum absolute atomic E-state index is 13.7. The van der Waals surface area contributed by atoms with Crippen LogP contribution in [0.5, 0.6) is 0 Å². The summed E-state index contributed by atoms with van der Waals surface area (Å²) < 4.78 is 19.3. The molecule has 116 valence electrons. The van der Waals surface area contributed by atoms with Crippen LogP contribution in [0.1, 0.15) is 23.2 Å². The third kappa shape index (κ3) is 3.17. The Morgan fingerprint density at radius 2 is 2.32 bits per heavy atom. The van der Waals surface area contributed by atoms with Crippen molar-refractivity contribution in [1.29, 1.82) is 0 Å². The van der Waals surface area contributed by atoms with Gasteiger partial charge >= 0.3 is 0 Å². The second-order valence-electron chi connectivity index (χ2n) is 5.42. The Morgan fingerprint density at radius 3 is 3.05 bits per heavy atom. The van der Waals surface area contributed by atoms with Gasteiger partial charge in [0.05, 0.1) is 19.6 Å². The monoisotopic (exact) mass is 303 g/mol. The molecule has 22 heavy (non-hydrogen) atoms. The molecule has 6 heteroatoms. The molecule has 2 heterocycles. The lowest BCUT2D eigenvalue weighted by molar-refractivity contribution is -0.138. The number of halogens is 1. The zero-order valence-electron chi connectivity index (χ0n) is 12.4. The summed E-state index contributed by atoms with van der Waals surface area (Å²) in [4.78, 5) is 21.5. The SMILES string of the molecule is Cc1cnc(C2CN(C(=O)Cc3ccccc3F)CCO2)[nH]1. The molecule has 3 rings (SSSR count). The van der Waals surface area contributed by atoms with E-state index < -0.39 is 0 Å². The summed E-state index contributed by atoms with van der Waals surface area (Å²) >= 11 is 0. The third-order valence-electron chi connectivity index (χ3n) is 3.75. The van der Waals surface area contributed by atoms with E-state index in [9.17, 15) is 9.18 Å². The number of rotatable bonds is 3. The lowest BCUT2D eigenvalue weighted by Gasteiger charge is -2.32. The highest BCUT2D eigenvalue weighted by atomic mass is 19.1. The van der Waals surface area contributed by atoms with Gasteiger partial charge in [-0.3, -0.25) is 4.79 Å². The number of aryl methyl sites for hydroxylation is 1. The van der Waals surface area contributed by atoms with E-state index in [-0.39, 0.29) is 24.2 Å². The van der Waals surface area contributed by atoms with E-state index in [0.717, 1.165) is 11.5 Å². The molecule has 0 aliphatic carbocycles. The number of nitrogens with one attached hydrogen (secondary N) is 1. The molecule has 1 aromatic carbocycles. The Hall–Kier alpha value is -2.21. The molecule has 1 aliphatic heterocycles. The van der Waals surface area contributed by atoms with Crippen molar-refractivity contribution in [3.8, 4) is 0 Å². The van der Waals surface area contributed by atoms with Crippen molar-refractivity contribution in [2.75, 3.05) is 19.7 Å². The van der Waals surface area contributed by atoms with Crippen molar-refractivity contribution in [3.63, 3.8) is 0 Å². The van der Waals surface area contributed by atoms with Crippen LogP contribution in [0.3, 0.4) is 0 Å². The molecule has 5 nitrogen and oxygen atoms in total. The Morgan fingerprint density at radius 1 is 1.50 bits per heavy atom. The van der Waals surface area contributed by atoms with Gasteiger partial charge in [0.2, 0.25) is 5.91 Å². The number of imidazole rings is 1. The fourth-order valence-electron chi connectivity index (χ4n) is 2.55. The number of benzene rings is 1. The van der Waals surface area contributed by atoms with E-state index in [0.29, 0.717) is 25.3 Å². The number of H-pyrrole nitrogens is 1. The van der Waals surface area contributed by atoms with E-state index in [1.807, 2.05) is 6.92 Å². The van der Waals surface area contributed by atoms with Gasteiger partial charge in [-0.05, 0) is 18.6 Å². The van der Waals surface area contributed by atoms with Gasteiger partial charge in [-0.15, -0.1) is 0 Å². The summed E-state index contributed by atoms with van der Waals surface area (Å²) in [7, 11) is 0. The van der Waals surface area contributed by atoms with Crippen LogP contribution in [0, 0.1) is 12.7 Å². The van der Waals surface area contributed by atoms with Crippen molar-refractivity contribution in [3.05, 3.63) is 53.4 Å². The summed E-state index contributed by atoms with van der Waals surface area (Å²) in [5.74, 6) is 0.282. The second-order valence-corrected chi connectivity index (χ2v) is 5.42. The number of carbonyl (C=O) groups is 1. The fourth-order valence-corrected chi connectivity index (χ4v) is 2.55. The molecule has 1 atom stereocenters. The number of amides is 1. The van der Waals surface area contributed by atoms with Gasteiger partial charge in [-0.2, -0.15) is 0 Å². The van der Waals surface area contributed by atoms with Gasteiger partial charge in [0, 0.05) is 18.4 Å². The average Bonchev–Trinajstić information content (AvgIpc) is 2.96. The molecule has 1 fully saturated rings. The standard InChI is InChI=1S/C16H18FN3O2/c1-11-9-18-16(19-11)14-10-20(6-7-22-14)15(21)8-12-4-2-3-5-13(12)17/h2-5,9,14H,6-8,10H2,1H3,(H,18,19). The highest BCUT2D eigenvalue weighted by molar-refractivity contribution is 5.79. The first kappa shape index (κ1) is 14.7. The maximum atomic E-state index is 13.7. The maximum Gasteiger partial charge on any atom is 0.227 e. The van der Waals surface area contributed by atoms with Crippen LogP contribution in [-0.4, -0.2) is 40.5 Å². The molecule has 0 bridgehead atoms. The van der Waals surface area contributed by atoms with E-state index in [1.54, 1.807) is 29.3 Å². The topological polar surface area (TPSA) is 58.2 Å². The summed E-state index contributed by atoms with van der Waals surface area (Å²) in [6.07, 6.45) is 1.54. The Balaban J connectivity index is 1.66. The highest BCUT2D eigenvalue weighted by Crippen LogP contribution is 2.20. The minimum atomic E-state index is -0.345. The molecule has 1 amide bonds. The lowest BCUT2D eigenvalue weighted by Crippen LogP contribution is -2.43. The molecule has 1 unspecified atom stereocenters. The van der Waals surface area contributed by atoms with Crippen molar-refractivity contribution in [1.82, 2.24) is 14.9 Å². The summed E-state index contributed by atoms with van der Waals surface area (Å²) in [5, 5.41) is 0. The van der Waals surface area contributed by atoms with Gasteiger partial charge in [-0.1, -0.05) is 18.2 Å². The number of hydrogen-bond acceptors (Lipinski definition) is 3. The molecule has 1 saturated heterocycles. The van der Waals surface area contributed by atoms with Crippen LogP contribution in [0.15, 0.2) is 30.5 Å². The molecule has 1 aliphatic rings. The van der Waals surface area contributed by atoms with Crippen LogP contribution >= 0.6 is 0 Å². The molecule has 0 radical (unpaired) electrons. The molecular formula is C16H18FN3O2. The van der Waals surface area contributed by atoms with E-state index in [2.05, 4.69) is 9.97 Å². The first-order valence-electron chi connectivity index (χ1n) is 7.28. The van der Waals surface area contributed by atoms with Crippen LogP contribution in [0.2, 0.25) is 0 Å². The van der Waals surface area contributed by atoms with Gasteiger partial charge < -0.3 is 14.6 Å². The van der Waals surface area contributed by atoms with Gasteiger partial charge in [0.15, 0.2) is 0 Å². The molecule has 0 spiro atoms. The molecule has 1 aromatic heterocycles. The first-order chi connectivity index (χ1) is 10.6. The molecule has 1 N–H and O–H groups in total. The smallest absolute Gasteiger partial charge is 0.227 e. The van der Waals surface area contributed by atoms with Crippen LogP contribution in [-0.2, 0) is 16.0 Å².